The van der Waals surface area contributed by atoms with E-state index in [1.807, 2.05) is 0 Å². The minimum atomic E-state index is 0.256. The standard InChI is InChI=1S/C32H34N.C31H32N.C30H30N.C28H26N/c1-21-20-33(6)30(17-25(21)19-32(3,4)5)27-18-29(23-12-8-7-9-13-23)31-26-15-11-10-14-24(26)16-28(31)22(27)2;1-21-26(29-17-22(15-16-32(29)5)20-31(2,3)4)19-28(23-11-7-6-8-12-23)30-25-14-10-9-13-24(25)18-27(21)30;1-19(2)25-17-29(31(5)18-20(25)3)26-16-28(22-11-7-6-8-12-22)30-24-14-10-9-13-23(24)15-27(30)21(26)4;1-18-14-27(29(4)17-19(18)2)24-16-26(21-10-6-5-7-11-21)28-23-13-9-8-12-22(23)15-25(28)20(24)3/h7-15,17-18,20H,16,19H2,1-6H3;6-17,19H,18,20H2,1-5H3;6-14,16-19H,15H2,1-5H3;5-14,16-17H,15H2,1-4H3/q4*+1. The second kappa shape index (κ2) is 34.4. The number of aromatic nitrogens is 4. The molecule has 0 aliphatic heterocycles. The molecule has 4 heteroatoms. The van der Waals surface area contributed by atoms with Crippen LogP contribution in [0.2, 0.25) is 0 Å². The van der Waals surface area contributed by atoms with Crippen molar-refractivity contribution in [3.05, 3.63) is 403 Å². The zero-order chi connectivity index (χ0) is 87.6. The molecule has 0 saturated heterocycles. The minimum absolute atomic E-state index is 0.256. The number of hydrogen-bond acceptors (Lipinski definition) is 0. The summed E-state index contributed by atoms with van der Waals surface area (Å²) in [6, 6.07) is 101. The Morgan fingerprint density at radius 1 is 0.264 bits per heavy atom. The van der Waals surface area contributed by atoms with E-state index in [0.717, 1.165) is 38.5 Å². The average molecular weight is 1630 g/mol. The first-order valence-corrected chi connectivity index (χ1v) is 45.2. The van der Waals surface area contributed by atoms with Crippen LogP contribution in [0.15, 0.2) is 298 Å². The molecule has 20 rings (SSSR count). The number of hydrogen-bond donors (Lipinski definition) is 0. The van der Waals surface area contributed by atoms with Gasteiger partial charge in [-0.1, -0.05) is 274 Å². The van der Waals surface area contributed by atoms with E-state index in [2.05, 4.69) is 455 Å². The minimum Gasteiger partial charge on any atom is -0.201 e. The molecular formula is C121H122N4+4. The predicted molar refractivity (Wildman–Crippen MR) is 525 cm³/mol. The summed E-state index contributed by atoms with van der Waals surface area (Å²) in [4.78, 5) is 0. The molecule has 0 bridgehead atoms. The van der Waals surface area contributed by atoms with Crippen LogP contribution < -0.4 is 18.3 Å². The number of aryl methyl sites for hydroxylation is 8. The highest BCUT2D eigenvalue weighted by Gasteiger charge is 2.35. The first kappa shape index (κ1) is 84.5. The highest BCUT2D eigenvalue weighted by molar-refractivity contribution is 5.99. The van der Waals surface area contributed by atoms with Crippen molar-refractivity contribution in [1.29, 1.82) is 0 Å². The van der Waals surface area contributed by atoms with Crippen molar-refractivity contribution in [1.82, 2.24) is 0 Å². The summed E-state index contributed by atoms with van der Waals surface area (Å²) in [7, 11) is 8.69. The Labute approximate surface area is 745 Å². The third-order valence-electron chi connectivity index (χ3n) is 27.1. The van der Waals surface area contributed by atoms with Crippen LogP contribution in [-0.2, 0) is 66.7 Å². The summed E-state index contributed by atoms with van der Waals surface area (Å²) >= 11 is 0. The van der Waals surface area contributed by atoms with Crippen LogP contribution in [0.3, 0.4) is 0 Å². The van der Waals surface area contributed by atoms with Crippen LogP contribution in [0.1, 0.15) is 167 Å². The molecule has 4 aliphatic rings. The van der Waals surface area contributed by atoms with Gasteiger partial charge < -0.3 is 0 Å². The van der Waals surface area contributed by atoms with Gasteiger partial charge in [-0.25, -0.2) is 18.3 Å². The molecule has 0 saturated carbocycles. The largest absolute Gasteiger partial charge is 0.212 e. The van der Waals surface area contributed by atoms with Gasteiger partial charge in [-0.15, -0.1) is 0 Å². The van der Waals surface area contributed by atoms with Gasteiger partial charge >= 0.3 is 0 Å². The molecule has 0 N–H and O–H groups in total. The maximum atomic E-state index is 2.44. The fourth-order valence-corrected chi connectivity index (χ4v) is 20.6. The summed E-state index contributed by atoms with van der Waals surface area (Å²) in [6.07, 6.45) is 15.3. The Kier molecular flexibility index (Phi) is 23.2. The van der Waals surface area contributed by atoms with E-state index < -0.39 is 0 Å². The van der Waals surface area contributed by atoms with E-state index in [-0.39, 0.29) is 10.8 Å². The van der Waals surface area contributed by atoms with E-state index in [1.54, 1.807) is 0 Å². The number of rotatable bonds is 11. The zero-order valence-corrected chi connectivity index (χ0v) is 77.4. The second-order valence-electron chi connectivity index (χ2n) is 38.8. The number of pyridine rings is 4. The monoisotopic (exact) mass is 1630 g/mol. The number of nitrogens with zero attached hydrogens (tertiary/aromatic N) is 4. The molecule has 622 valence electrons. The lowest BCUT2D eigenvalue weighted by Gasteiger charge is -2.20. The maximum absolute atomic E-state index is 2.44. The van der Waals surface area contributed by atoms with Gasteiger partial charge in [0.2, 0.25) is 22.8 Å². The first-order valence-electron chi connectivity index (χ1n) is 45.2. The van der Waals surface area contributed by atoms with Gasteiger partial charge in [0.1, 0.15) is 28.2 Å². The Morgan fingerprint density at radius 3 is 0.880 bits per heavy atom. The van der Waals surface area contributed by atoms with Crippen molar-refractivity contribution >= 4 is 0 Å². The van der Waals surface area contributed by atoms with Crippen LogP contribution in [0.25, 0.3) is 134 Å². The molecule has 4 aromatic heterocycles. The van der Waals surface area contributed by atoms with Crippen LogP contribution in [-0.4, -0.2) is 0 Å². The molecule has 0 radical (unpaired) electrons. The highest BCUT2D eigenvalue weighted by Crippen LogP contribution is 2.53. The van der Waals surface area contributed by atoms with Gasteiger partial charge in [0.05, 0.1) is 0 Å². The Balaban J connectivity index is 0.000000118. The molecule has 4 nitrogen and oxygen atoms in total. The van der Waals surface area contributed by atoms with Crippen molar-refractivity contribution in [2.24, 2.45) is 39.0 Å². The van der Waals surface area contributed by atoms with Gasteiger partial charge in [-0.05, 0) is 313 Å². The SMILES string of the molecule is Cc1c(-c2cc(CC(C)(C)C)cc[n+]2C)cc(-c2ccccc2)c2c1Cc1ccccc1-2.Cc1c[n+](C)c(-c2cc(-c3ccccc3)c3c(c2C)Cc2ccccc2-3)cc1C(C)C.Cc1c[n+](C)c(-c2cc(-c3ccccc3)c3c(c2C)Cc2ccccc2-3)cc1CC(C)(C)C.Cc1cc(-c2cc(-c3ccccc3)c3c(c2C)Cc2ccccc2-3)[n+](C)cc1C. The van der Waals surface area contributed by atoms with Crippen molar-refractivity contribution in [2.45, 2.75) is 155 Å². The summed E-state index contributed by atoms with van der Waals surface area (Å²) < 4.78 is 9.16. The van der Waals surface area contributed by atoms with Gasteiger partial charge in [-0.3, -0.25) is 0 Å². The molecule has 4 aliphatic carbocycles. The Morgan fingerprint density at radius 2 is 0.552 bits per heavy atom. The van der Waals surface area contributed by atoms with Crippen LogP contribution in [0.4, 0.5) is 0 Å². The maximum Gasteiger partial charge on any atom is 0.212 e. The summed E-state index contributed by atoms with van der Waals surface area (Å²) in [5.41, 5.74) is 59.7. The normalized spacial score (nSPS) is 12.3. The molecule has 4 heterocycles. The van der Waals surface area contributed by atoms with E-state index in [0.29, 0.717) is 5.92 Å². The third kappa shape index (κ3) is 16.7. The van der Waals surface area contributed by atoms with E-state index in [4.69, 9.17) is 0 Å². The van der Waals surface area contributed by atoms with Crippen LogP contribution in [0, 0.1) is 66.2 Å². The molecule has 0 amide bonds. The van der Waals surface area contributed by atoms with E-state index in [9.17, 15) is 0 Å². The van der Waals surface area contributed by atoms with Gasteiger partial charge in [0.25, 0.3) is 0 Å². The summed E-state index contributed by atoms with van der Waals surface area (Å²) in [5.74, 6) is 0.507. The molecule has 12 aromatic carbocycles. The molecular weight excluding hydrogens is 1510 g/mol. The smallest absolute Gasteiger partial charge is 0.201 e. The van der Waals surface area contributed by atoms with Crippen LogP contribution >= 0.6 is 0 Å². The Hall–Kier alpha value is -12.8. The number of fused-ring (bicyclic) bond motifs is 12. The molecule has 125 heavy (non-hydrogen) atoms. The van der Waals surface area contributed by atoms with Crippen molar-refractivity contribution < 1.29 is 18.3 Å². The van der Waals surface area contributed by atoms with Gasteiger partial charge in [-0.2, -0.15) is 0 Å². The topological polar surface area (TPSA) is 15.5 Å². The first-order chi connectivity index (χ1) is 60.0. The van der Waals surface area contributed by atoms with E-state index in [1.165, 1.54) is 240 Å². The van der Waals surface area contributed by atoms with Crippen molar-refractivity contribution in [3.8, 4) is 134 Å². The summed E-state index contributed by atoms with van der Waals surface area (Å²) in [5, 5.41) is 0. The molecule has 0 atom stereocenters. The average Bonchev–Trinajstić information content (AvgIpc) is 1.64. The van der Waals surface area contributed by atoms with Gasteiger partial charge in [0.15, 0.2) is 24.8 Å². The van der Waals surface area contributed by atoms with E-state index >= 15 is 0 Å². The third-order valence-corrected chi connectivity index (χ3v) is 27.1. The highest BCUT2D eigenvalue weighted by atomic mass is 14.9. The van der Waals surface area contributed by atoms with Crippen molar-refractivity contribution in [2.75, 3.05) is 0 Å². The predicted octanol–water partition coefficient (Wildman–Crippen LogP) is 28.4. The molecule has 0 spiro atoms. The number of benzene rings is 12. The Bertz CT molecular complexity index is 6860. The molecule has 16 aromatic rings. The fraction of sp³-hybridized carbons (Fsp3) is 0.240. The lowest BCUT2D eigenvalue weighted by molar-refractivity contribution is -0.660. The molecule has 0 unspecified atom stereocenters. The zero-order valence-electron chi connectivity index (χ0n) is 77.4. The van der Waals surface area contributed by atoms with Crippen molar-refractivity contribution in [3.63, 3.8) is 0 Å². The molecule has 0 fully saturated rings. The van der Waals surface area contributed by atoms with Crippen LogP contribution in [0.5, 0.6) is 0 Å². The lowest BCUT2D eigenvalue weighted by atomic mass is 9.85. The second-order valence-corrected chi connectivity index (χ2v) is 38.8. The quantitative estimate of drug-likeness (QED) is 0.115. The lowest BCUT2D eigenvalue weighted by Crippen LogP contribution is -2.32. The summed E-state index contributed by atoms with van der Waals surface area (Å²) in [6.45, 7) is 36.6. The fourth-order valence-electron chi connectivity index (χ4n) is 20.6. The van der Waals surface area contributed by atoms with Gasteiger partial charge in [0, 0.05) is 69.3 Å².